The van der Waals surface area contributed by atoms with Crippen LogP contribution < -0.4 is 5.32 Å². The highest BCUT2D eigenvalue weighted by Gasteiger charge is 2.29. The molecule has 0 atom stereocenters. The molecule has 9 nitrogen and oxygen atoms in total. The van der Waals surface area contributed by atoms with Gasteiger partial charge in [-0.1, -0.05) is 12.5 Å². The van der Waals surface area contributed by atoms with Gasteiger partial charge in [0, 0.05) is 24.3 Å². The number of tetrazole rings is 1. The van der Waals surface area contributed by atoms with Gasteiger partial charge in [-0.05, 0) is 73.0 Å². The van der Waals surface area contributed by atoms with Gasteiger partial charge in [-0.3, -0.25) is 4.79 Å². The number of nitrogens with zero attached hydrogens (tertiary/aromatic N) is 5. The Balaban J connectivity index is 1.61. The van der Waals surface area contributed by atoms with E-state index in [2.05, 4.69) is 20.8 Å². The molecule has 1 amide bonds. The van der Waals surface area contributed by atoms with Crippen LogP contribution in [0.2, 0.25) is 0 Å². The highest BCUT2D eigenvalue weighted by Crippen LogP contribution is 2.25. The molecule has 1 aromatic heterocycles. The van der Waals surface area contributed by atoms with Crippen molar-refractivity contribution < 1.29 is 17.6 Å². The molecule has 1 aliphatic rings. The van der Waals surface area contributed by atoms with Gasteiger partial charge in [0.15, 0.2) is 5.82 Å². The number of piperidine rings is 1. The normalized spacial score (nSPS) is 15.0. The first-order valence-corrected chi connectivity index (χ1v) is 11.7. The Morgan fingerprint density at radius 2 is 1.81 bits per heavy atom. The minimum atomic E-state index is -4.02. The number of amides is 1. The van der Waals surface area contributed by atoms with Gasteiger partial charge >= 0.3 is 0 Å². The minimum Gasteiger partial charge on any atom is -0.322 e. The average molecular weight is 459 g/mol. The third kappa shape index (κ3) is 4.26. The van der Waals surface area contributed by atoms with Gasteiger partial charge < -0.3 is 5.32 Å². The van der Waals surface area contributed by atoms with Gasteiger partial charge in [-0.15, -0.1) is 5.10 Å². The summed E-state index contributed by atoms with van der Waals surface area (Å²) in [5, 5.41) is 14.2. The van der Waals surface area contributed by atoms with Crippen LogP contribution >= 0.6 is 0 Å². The fourth-order valence-electron chi connectivity index (χ4n) is 3.66. The molecule has 1 saturated heterocycles. The topological polar surface area (TPSA) is 110 Å². The van der Waals surface area contributed by atoms with E-state index in [4.69, 9.17) is 0 Å². The van der Waals surface area contributed by atoms with Crippen LogP contribution in [0.15, 0.2) is 41.3 Å². The molecule has 11 heteroatoms. The van der Waals surface area contributed by atoms with Crippen LogP contribution in [-0.2, 0) is 10.0 Å². The number of sulfonamides is 1. The number of carbonyl (C=O) groups excluding carboxylic acids is 1. The molecular formula is C21H23FN6O3S. The molecule has 168 valence electrons. The zero-order chi connectivity index (χ0) is 22.9. The molecule has 1 fully saturated rings. The van der Waals surface area contributed by atoms with Crippen molar-refractivity contribution in [1.29, 1.82) is 0 Å². The molecule has 1 aliphatic heterocycles. The maximum atomic E-state index is 14.4. The molecule has 1 N–H and O–H groups in total. The maximum Gasteiger partial charge on any atom is 0.255 e. The van der Waals surface area contributed by atoms with Crippen molar-refractivity contribution in [3.05, 3.63) is 59.2 Å². The summed E-state index contributed by atoms with van der Waals surface area (Å²) in [5.41, 5.74) is 2.10. The van der Waals surface area contributed by atoms with Crippen molar-refractivity contribution >= 4 is 21.6 Å². The van der Waals surface area contributed by atoms with E-state index >= 15 is 0 Å². The van der Waals surface area contributed by atoms with Crippen molar-refractivity contribution in [2.45, 2.75) is 38.0 Å². The van der Waals surface area contributed by atoms with Crippen molar-refractivity contribution in [2.24, 2.45) is 0 Å². The van der Waals surface area contributed by atoms with Crippen molar-refractivity contribution in [3.63, 3.8) is 0 Å². The van der Waals surface area contributed by atoms with Crippen LogP contribution in [0, 0.1) is 19.7 Å². The van der Waals surface area contributed by atoms with E-state index in [0.29, 0.717) is 30.3 Å². The van der Waals surface area contributed by atoms with Crippen LogP contribution in [-0.4, -0.2) is 51.9 Å². The molecule has 0 radical (unpaired) electrons. The number of benzene rings is 2. The Labute approximate surface area is 185 Å². The summed E-state index contributed by atoms with van der Waals surface area (Å²) in [7, 11) is -4.02. The van der Waals surface area contributed by atoms with E-state index in [0.717, 1.165) is 37.0 Å². The number of anilines is 1. The number of hydrogen-bond donors (Lipinski definition) is 1. The van der Waals surface area contributed by atoms with Gasteiger partial charge in [0.25, 0.3) is 5.91 Å². The molecule has 3 aromatic rings. The van der Waals surface area contributed by atoms with Crippen molar-refractivity contribution in [2.75, 3.05) is 18.4 Å². The second-order valence-electron chi connectivity index (χ2n) is 7.70. The fourth-order valence-corrected chi connectivity index (χ4v) is 5.27. The second kappa shape index (κ2) is 8.75. The summed E-state index contributed by atoms with van der Waals surface area (Å²) >= 11 is 0. The molecule has 0 saturated carbocycles. The molecule has 0 bridgehead atoms. The van der Waals surface area contributed by atoms with Gasteiger partial charge in [-0.2, -0.15) is 8.99 Å². The summed E-state index contributed by atoms with van der Waals surface area (Å²) in [6, 6.07) is 8.60. The number of aryl methyl sites for hydroxylation is 2. The Morgan fingerprint density at radius 1 is 1.06 bits per heavy atom. The van der Waals surface area contributed by atoms with Gasteiger partial charge in [-0.25, -0.2) is 12.8 Å². The number of halogens is 1. The monoisotopic (exact) mass is 458 g/mol. The van der Waals surface area contributed by atoms with Crippen LogP contribution in [0.1, 0.15) is 41.0 Å². The van der Waals surface area contributed by atoms with E-state index in [1.54, 1.807) is 23.7 Å². The Bertz CT molecular complexity index is 1270. The van der Waals surface area contributed by atoms with E-state index in [-0.39, 0.29) is 5.56 Å². The minimum absolute atomic E-state index is 0.0442. The zero-order valence-electron chi connectivity index (χ0n) is 17.7. The maximum absolute atomic E-state index is 14.4. The molecule has 32 heavy (non-hydrogen) atoms. The van der Waals surface area contributed by atoms with Gasteiger partial charge in [0.1, 0.15) is 10.7 Å². The van der Waals surface area contributed by atoms with Crippen LogP contribution in [0.3, 0.4) is 0 Å². The predicted octanol–water partition coefficient (Wildman–Crippen LogP) is 2.85. The first kappa shape index (κ1) is 22.0. The number of hydrogen-bond acceptors (Lipinski definition) is 6. The van der Waals surface area contributed by atoms with E-state index in [1.165, 1.54) is 10.4 Å². The smallest absolute Gasteiger partial charge is 0.255 e. The van der Waals surface area contributed by atoms with Crippen LogP contribution in [0.5, 0.6) is 0 Å². The number of aromatic nitrogens is 4. The third-order valence-electron chi connectivity index (χ3n) is 5.45. The standard InChI is InChI=1S/C21H23FN6O3S/c1-14-6-8-17(13-19(14)28-15(2)24-25-26-28)23-21(29)16-7-9-18(22)20(12-16)32(30,31)27-10-4-3-5-11-27/h6-9,12-13H,3-5,10-11H2,1-2H3,(H,23,29). The molecule has 2 heterocycles. The number of nitrogens with one attached hydrogen (secondary N) is 1. The van der Waals surface area contributed by atoms with Crippen molar-refractivity contribution in [1.82, 2.24) is 24.5 Å². The molecular weight excluding hydrogens is 435 g/mol. The first-order valence-electron chi connectivity index (χ1n) is 10.2. The Morgan fingerprint density at radius 3 is 2.50 bits per heavy atom. The van der Waals surface area contributed by atoms with E-state index in [1.807, 2.05) is 13.0 Å². The first-order chi connectivity index (χ1) is 15.3. The highest BCUT2D eigenvalue weighted by molar-refractivity contribution is 7.89. The molecule has 0 spiro atoms. The Hall–Kier alpha value is -3.18. The van der Waals surface area contributed by atoms with Crippen LogP contribution in [0.4, 0.5) is 10.1 Å². The molecule has 0 aliphatic carbocycles. The average Bonchev–Trinajstić information content (AvgIpc) is 3.21. The fraction of sp³-hybridized carbons (Fsp3) is 0.333. The zero-order valence-corrected chi connectivity index (χ0v) is 18.6. The summed E-state index contributed by atoms with van der Waals surface area (Å²) in [6.45, 7) is 4.34. The van der Waals surface area contributed by atoms with Crippen LogP contribution in [0.25, 0.3) is 5.69 Å². The summed E-state index contributed by atoms with van der Waals surface area (Å²) < 4.78 is 43.1. The lowest BCUT2D eigenvalue weighted by Crippen LogP contribution is -2.36. The molecule has 2 aromatic carbocycles. The lowest BCUT2D eigenvalue weighted by atomic mass is 10.1. The second-order valence-corrected chi connectivity index (χ2v) is 9.61. The molecule has 4 rings (SSSR count). The van der Waals surface area contributed by atoms with Crippen molar-refractivity contribution in [3.8, 4) is 5.69 Å². The quantitative estimate of drug-likeness (QED) is 0.630. The van der Waals surface area contributed by atoms with E-state index in [9.17, 15) is 17.6 Å². The lowest BCUT2D eigenvalue weighted by molar-refractivity contribution is 0.102. The predicted molar refractivity (Wildman–Crippen MR) is 116 cm³/mol. The third-order valence-corrected chi connectivity index (χ3v) is 7.36. The summed E-state index contributed by atoms with van der Waals surface area (Å²) in [4.78, 5) is 12.4. The van der Waals surface area contributed by atoms with E-state index < -0.39 is 26.6 Å². The number of carbonyl (C=O) groups is 1. The summed E-state index contributed by atoms with van der Waals surface area (Å²) in [5.74, 6) is -0.843. The highest BCUT2D eigenvalue weighted by atomic mass is 32.2. The van der Waals surface area contributed by atoms with Gasteiger partial charge in [0.2, 0.25) is 10.0 Å². The summed E-state index contributed by atoms with van der Waals surface area (Å²) in [6.07, 6.45) is 2.41. The van der Waals surface area contributed by atoms with Gasteiger partial charge in [0.05, 0.1) is 5.69 Å². The lowest BCUT2D eigenvalue weighted by Gasteiger charge is -2.26. The number of rotatable bonds is 5. The Kier molecular flexibility index (Phi) is 6.02. The largest absolute Gasteiger partial charge is 0.322 e. The molecule has 0 unspecified atom stereocenters. The SMILES string of the molecule is Cc1ccc(NC(=O)c2ccc(F)c(S(=O)(=O)N3CCCCC3)c2)cc1-n1nnnc1C.